The molecule has 1 aromatic rings. The van der Waals surface area contributed by atoms with Crippen LogP contribution in [0.3, 0.4) is 0 Å². The minimum absolute atomic E-state index is 0.0351. The summed E-state index contributed by atoms with van der Waals surface area (Å²) in [5, 5.41) is 2.84. The van der Waals surface area contributed by atoms with Gasteiger partial charge in [-0.25, -0.2) is 0 Å². The molecule has 1 fully saturated rings. The molecule has 0 bridgehead atoms. The van der Waals surface area contributed by atoms with Crippen LogP contribution in [-0.4, -0.2) is 23.8 Å². The Kier molecular flexibility index (Phi) is 6.78. The predicted molar refractivity (Wildman–Crippen MR) is 91.9 cm³/mol. The van der Waals surface area contributed by atoms with E-state index < -0.39 is 12.1 Å². The van der Waals surface area contributed by atoms with Gasteiger partial charge in [0.25, 0.3) is 0 Å². The number of carbonyl (C=O) groups is 2. The first-order chi connectivity index (χ1) is 11.1. The van der Waals surface area contributed by atoms with E-state index in [-0.39, 0.29) is 11.7 Å². The average Bonchev–Trinajstić information content (AvgIpc) is 2.56. The first kappa shape index (κ1) is 17.7. The number of ketones is 1. The van der Waals surface area contributed by atoms with Crippen molar-refractivity contribution >= 4 is 11.7 Å². The van der Waals surface area contributed by atoms with Crippen molar-refractivity contribution in [1.82, 2.24) is 5.32 Å². The summed E-state index contributed by atoms with van der Waals surface area (Å²) in [5.41, 5.74) is 7.10. The van der Waals surface area contributed by atoms with E-state index in [9.17, 15) is 9.59 Å². The Morgan fingerprint density at radius 3 is 2.43 bits per heavy atom. The summed E-state index contributed by atoms with van der Waals surface area (Å²) >= 11 is 0. The molecule has 1 aliphatic rings. The highest BCUT2D eigenvalue weighted by molar-refractivity contribution is 5.89. The Bertz CT molecular complexity index is 509. The largest absolute Gasteiger partial charge is 0.345 e. The molecule has 1 aliphatic carbocycles. The predicted octanol–water partition coefficient (Wildman–Crippen LogP) is 2.60. The van der Waals surface area contributed by atoms with Crippen LogP contribution < -0.4 is 11.1 Å². The Labute approximate surface area is 138 Å². The number of Topliss-reactive ketones (excluding diaryl/α,β-unsaturated/α-hetero) is 1. The molecular weight excluding hydrogens is 288 g/mol. The molecule has 0 aromatic heterocycles. The highest BCUT2D eigenvalue weighted by atomic mass is 16.2. The van der Waals surface area contributed by atoms with Gasteiger partial charge in [-0.1, -0.05) is 62.4 Å². The van der Waals surface area contributed by atoms with E-state index in [1.165, 1.54) is 39.0 Å². The van der Waals surface area contributed by atoms with Gasteiger partial charge in [-0.05, 0) is 31.2 Å². The smallest absolute Gasteiger partial charge is 0.237 e. The summed E-state index contributed by atoms with van der Waals surface area (Å²) < 4.78 is 0. The number of amides is 1. The van der Waals surface area contributed by atoms with Gasteiger partial charge in [0, 0.05) is 0 Å². The first-order valence-corrected chi connectivity index (χ1v) is 8.66. The van der Waals surface area contributed by atoms with E-state index in [4.69, 9.17) is 5.73 Å². The summed E-state index contributed by atoms with van der Waals surface area (Å²) in [6, 6.07) is 8.71. The van der Waals surface area contributed by atoms with Crippen LogP contribution in [0.1, 0.15) is 51.0 Å². The topological polar surface area (TPSA) is 72.2 Å². The Morgan fingerprint density at radius 1 is 1.17 bits per heavy atom. The Hall–Kier alpha value is -1.68. The van der Waals surface area contributed by atoms with Crippen LogP contribution in [0.15, 0.2) is 30.3 Å². The molecule has 1 amide bonds. The molecule has 2 atom stereocenters. The third kappa shape index (κ3) is 5.79. The molecule has 4 nitrogen and oxygen atoms in total. The van der Waals surface area contributed by atoms with E-state index in [1.807, 2.05) is 30.3 Å². The van der Waals surface area contributed by atoms with Crippen LogP contribution in [0.25, 0.3) is 0 Å². The zero-order valence-electron chi connectivity index (χ0n) is 14.0. The summed E-state index contributed by atoms with van der Waals surface area (Å²) in [7, 11) is 0. The van der Waals surface area contributed by atoms with Gasteiger partial charge in [0.2, 0.25) is 5.91 Å². The fourth-order valence-corrected chi connectivity index (χ4v) is 3.31. The minimum Gasteiger partial charge on any atom is -0.345 e. The van der Waals surface area contributed by atoms with Crippen molar-refractivity contribution < 1.29 is 9.59 Å². The van der Waals surface area contributed by atoms with Crippen molar-refractivity contribution in [3.05, 3.63) is 35.9 Å². The molecule has 2 unspecified atom stereocenters. The van der Waals surface area contributed by atoms with E-state index in [2.05, 4.69) is 5.32 Å². The molecule has 1 saturated carbocycles. The lowest BCUT2D eigenvalue weighted by molar-refractivity contribution is -0.128. The van der Waals surface area contributed by atoms with Crippen molar-refractivity contribution in [2.75, 3.05) is 0 Å². The molecule has 126 valence electrons. The number of carbonyl (C=O) groups excluding carboxylic acids is 2. The van der Waals surface area contributed by atoms with Crippen LogP contribution in [0.4, 0.5) is 0 Å². The first-order valence-electron chi connectivity index (χ1n) is 8.66. The quantitative estimate of drug-likeness (QED) is 0.812. The van der Waals surface area contributed by atoms with Gasteiger partial charge in [-0.15, -0.1) is 0 Å². The number of hydrogen-bond acceptors (Lipinski definition) is 3. The van der Waals surface area contributed by atoms with Crippen molar-refractivity contribution in [3.63, 3.8) is 0 Å². The monoisotopic (exact) mass is 316 g/mol. The third-order valence-corrected chi connectivity index (χ3v) is 4.74. The molecule has 4 heteroatoms. The van der Waals surface area contributed by atoms with E-state index in [1.54, 1.807) is 0 Å². The lowest BCUT2D eigenvalue weighted by Gasteiger charge is -2.25. The van der Waals surface area contributed by atoms with E-state index >= 15 is 0 Å². The molecule has 1 aromatic carbocycles. The lowest BCUT2D eigenvalue weighted by Crippen LogP contribution is -2.49. The van der Waals surface area contributed by atoms with E-state index in [0.29, 0.717) is 12.3 Å². The van der Waals surface area contributed by atoms with Gasteiger partial charge < -0.3 is 11.1 Å². The summed E-state index contributed by atoms with van der Waals surface area (Å²) in [6.45, 7) is 1.51. The molecular formula is C19H28N2O2. The maximum absolute atomic E-state index is 12.3. The van der Waals surface area contributed by atoms with Crippen LogP contribution in [0, 0.1) is 5.92 Å². The van der Waals surface area contributed by atoms with Crippen LogP contribution in [0.2, 0.25) is 0 Å². The van der Waals surface area contributed by atoms with Gasteiger partial charge in [0.1, 0.15) is 0 Å². The molecule has 0 heterocycles. The molecule has 3 N–H and O–H groups in total. The second-order valence-corrected chi connectivity index (χ2v) is 6.71. The Morgan fingerprint density at radius 2 is 1.83 bits per heavy atom. The highest BCUT2D eigenvalue weighted by Crippen LogP contribution is 2.27. The molecule has 0 aliphatic heterocycles. The number of rotatable bonds is 7. The fourth-order valence-electron chi connectivity index (χ4n) is 3.31. The summed E-state index contributed by atoms with van der Waals surface area (Å²) in [6.07, 6.45) is 7.34. The van der Waals surface area contributed by atoms with Crippen LogP contribution in [-0.2, 0) is 16.0 Å². The van der Waals surface area contributed by atoms with Gasteiger partial charge >= 0.3 is 0 Å². The summed E-state index contributed by atoms with van der Waals surface area (Å²) in [5.74, 6) is 0.313. The number of benzene rings is 1. The average molecular weight is 316 g/mol. The highest BCUT2D eigenvalue weighted by Gasteiger charge is 2.24. The van der Waals surface area contributed by atoms with Crippen LogP contribution in [0.5, 0.6) is 0 Å². The van der Waals surface area contributed by atoms with Gasteiger partial charge in [0.05, 0.1) is 12.1 Å². The van der Waals surface area contributed by atoms with Gasteiger partial charge in [0.15, 0.2) is 5.78 Å². The number of nitrogens with two attached hydrogens (primary N) is 1. The number of nitrogens with one attached hydrogen (secondary N) is 1. The second-order valence-electron chi connectivity index (χ2n) is 6.71. The van der Waals surface area contributed by atoms with Gasteiger partial charge in [-0.3, -0.25) is 9.59 Å². The zero-order chi connectivity index (χ0) is 16.7. The van der Waals surface area contributed by atoms with Crippen molar-refractivity contribution in [2.45, 2.75) is 64.0 Å². The summed E-state index contributed by atoms with van der Waals surface area (Å²) in [4.78, 5) is 24.2. The normalized spacial score (nSPS) is 18.2. The molecule has 0 radical (unpaired) electrons. The fraction of sp³-hybridized carbons (Fsp3) is 0.579. The second kappa shape index (κ2) is 8.82. The van der Waals surface area contributed by atoms with Gasteiger partial charge in [-0.2, -0.15) is 0 Å². The molecule has 2 rings (SSSR count). The minimum atomic E-state index is -0.518. The Balaban J connectivity index is 1.88. The van der Waals surface area contributed by atoms with Crippen LogP contribution >= 0.6 is 0 Å². The zero-order valence-corrected chi connectivity index (χ0v) is 14.0. The maximum atomic E-state index is 12.3. The molecule has 0 spiro atoms. The molecule has 0 saturated heterocycles. The molecule has 23 heavy (non-hydrogen) atoms. The van der Waals surface area contributed by atoms with Crippen molar-refractivity contribution in [2.24, 2.45) is 11.7 Å². The lowest BCUT2D eigenvalue weighted by atomic mass is 9.85. The maximum Gasteiger partial charge on any atom is 0.237 e. The van der Waals surface area contributed by atoms with E-state index in [0.717, 1.165) is 12.0 Å². The third-order valence-electron chi connectivity index (χ3n) is 4.74. The number of hydrogen-bond donors (Lipinski definition) is 2. The SMILES string of the molecule is CC(=O)C(Cc1ccccc1)NC(=O)C(N)CC1CCCCC1. The standard InChI is InChI=1S/C19H28N2O2/c1-14(22)18(13-16-10-6-3-7-11-16)21-19(23)17(20)12-15-8-4-2-5-9-15/h3,6-7,10-11,15,17-18H,2,4-5,8-9,12-13,20H2,1H3,(H,21,23). The van der Waals surface area contributed by atoms with Crippen molar-refractivity contribution in [1.29, 1.82) is 0 Å². The van der Waals surface area contributed by atoms with Crippen molar-refractivity contribution in [3.8, 4) is 0 Å².